The van der Waals surface area contributed by atoms with E-state index in [0.717, 1.165) is 11.0 Å². The maximum atomic E-state index is 12.1. The highest BCUT2D eigenvalue weighted by Crippen LogP contribution is 2.18. The summed E-state index contributed by atoms with van der Waals surface area (Å²) in [5.41, 5.74) is 0.929. The quantitative estimate of drug-likeness (QED) is 0.812. The number of anilines is 1. The summed E-state index contributed by atoms with van der Waals surface area (Å²) in [6.45, 7) is 4.10. The van der Waals surface area contributed by atoms with E-state index < -0.39 is 5.54 Å². The third-order valence-electron chi connectivity index (χ3n) is 3.75. The minimum Gasteiger partial charge on any atom is -0.354 e. The van der Waals surface area contributed by atoms with Crippen LogP contribution in [0.25, 0.3) is 11.0 Å². The first-order valence-corrected chi connectivity index (χ1v) is 7.04. The Labute approximate surface area is 127 Å². The summed E-state index contributed by atoms with van der Waals surface area (Å²) in [6.07, 6.45) is 3.43. The zero-order valence-corrected chi connectivity index (χ0v) is 12.8. The van der Waals surface area contributed by atoms with Crippen molar-refractivity contribution in [2.24, 2.45) is 7.05 Å². The highest BCUT2D eigenvalue weighted by Gasteiger charge is 2.43. The molecule has 3 heterocycles. The highest BCUT2D eigenvalue weighted by molar-refractivity contribution is 6.06. The Balaban J connectivity index is 1.67. The van der Waals surface area contributed by atoms with Crippen LogP contribution in [0.4, 0.5) is 10.7 Å². The Morgan fingerprint density at radius 3 is 2.77 bits per heavy atom. The number of nitrogens with one attached hydrogen (secondary N) is 2. The number of aryl methyl sites for hydroxylation is 1. The average molecular weight is 302 g/mol. The number of imidazole rings is 1. The van der Waals surface area contributed by atoms with Crippen LogP contribution in [0, 0.1) is 0 Å². The molecule has 3 rings (SSSR count). The molecule has 2 N–H and O–H groups in total. The molecule has 22 heavy (non-hydrogen) atoms. The maximum Gasteiger partial charge on any atom is 0.325 e. The number of urea groups is 1. The van der Waals surface area contributed by atoms with Gasteiger partial charge in [-0.1, -0.05) is 0 Å². The molecule has 8 nitrogen and oxygen atoms in total. The second kappa shape index (κ2) is 4.97. The second-order valence-electron chi connectivity index (χ2n) is 5.80. The van der Waals surface area contributed by atoms with Crippen LogP contribution in [0.2, 0.25) is 0 Å². The van der Waals surface area contributed by atoms with Crippen molar-refractivity contribution in [2.45, 2.75) is 19.4 Å². The molecule has 0 unspecified atom stereocenters. The van der Waals surface area contributed by atoms with E-state index in [0.29, 0.717) is 12.5 Å². The van der Waals surface area contributed by atoms with Gasteiger partial charge in [0, 0.05) is 26.3 Å². The van der Waals surface area contributed by atoms with Gasteiger partial charge in [-0.05, 0) is 19.9 Å². The zero-order valence-electron chi connectivity index (χ0n) is 12.8. The lowest BCUT2D eigenvalue weighted by Crippen LogP contribution is -2.41. The normalized spacial score (nSPS) is 17.1. The molecule has 0 aliphatic carbocycles. The first-order chi connectivity index (χ1) is 10.4. The number of pyridine rings is 1. The number of carbonyl (C=O) groups excluding carboxylic acids is 2. The average Bonchev–Trinajstić information content (AvgIpc) is 2.88. The predicted molar refractivity (Wildman–Crippen MR) is 81.3 cm³/mol. The van der Waals surface area contributed by atoms with Gasteiger partial charge in [-0.25, -0.2) is 9.78 Å². The van der Waals surface area contributed by atoms with E-state index in [2.05, 4.69) is 20.6 Å². The molecule has 2 aromatic rings. The van der Waals surface area contributed by atoms with Crippen LogP contribution in [0.1, 0.15) is 13.8 Å². The van der Waals surface area contributed by atoms with Gasteiger partial charge in [-0.2, -0.15) is 0 Å². The van der Waals surface area contributed by atoms with Crippen LogP contribution in [-0.2, 0) is 11.8 Å². The van der Waals surface area contributed by atoms with Crippen molar-refractivity contribution in [1.82, 2.24) is 24.8 Å². The van der Waals surface area contributed by atoms with Gasteiger partial charge >= 0.3 is 6.03 Å². The highest BCUT2D eigenvalue weighted by atomic mass is 16.2. The first kappa shape index (κ1) is 14.3. The lowest BCUT2D eigenvalue weighted by Gasteiger charge is -2.16. The molecule has 8 heteroatoms. The van der Waals surface area contributed by atoms with E-state index in [4.69, 9.17) is 0 Å². The number of hydrogen-bond donors (Lipinski definition) is 2. The standard InChI is InChI=1S/C14H18N6O2/c1-14(2)11(21)20(13(22)18-14)7-6-16-12-17-9-4-5-15-8-10(9)19(12)3/h4-5,8H,6-7H2,1-3H3,(H,16,17)(H,18,22). The fourth-order valence-electron chi connectivity index (χ4n) is 2.49. The molecule has 2 aromatic heterocycles. The molecule has 0 saturated carbocycles. The summed E-state index contributed by atoms with van der Waals surface area (Å²) < 4.78 is 1.89. The van der Waals surface area contributed by atoms with Gasteiger partial charge in [0.1, 0.15) is 5.54 Å². The Morgan fingerprint density at radius 1 is 1.36 bits per heavy atom. The molecule has 0 aromatic carbocycles. The third kappa shape index (κ3) is 2.26. The number of fused-ring (bicyclic) bond motifs is 1. The van der Waals surface area contributed by atoms with E-state index >= 15 is 0 Å². The molecular weight excluding hydrogens is 284 g/mol. The largest absolute Gasteiger partial charge is 0.354 e. The molecular formula is C14H18N6O2. The lowest BCUT2D eigenvalue weighted by molar-refractivity contribution is -0.130. The summed E-state index contributed by atoms with van der Waals surface area (Å²) in [5.74, 6) is 0.461. The van der Waals surface area contributed by atoms with Gasteiger partial charge in [-0.15, -0.1) is 0 Å². The van der Waals surface area contributed by atoms with Crippen LogP contribution in [0.15, 0.2) is 18.5 Å². The van der Waals surface area contributed by atoms with Crippen molar-refractivity contribution in [1.29, 1.82) is 0 Å². The van der Waals surface area contributed by atoms with Crippen LogP contribution < -0.4 is 10.6 Å². The van der Waals surface area contributed by atoms with E-state index in [9.17, 15) is 9.59 Å². The predicted octanol–water partition coefficient (Wildman–Crippen LogP) is 0.711. The molecule has 1 fully saturated rings. The van der Waals surface area contributed by atoms with Crippen molar-refractivity contribution in [3.63, 3.8) is 0 Å². The number of aromatic nitrogens is 3. The Hall–Kier alpha value is -2.64. The Morgan fingerprint density at radius 2 is 2.14 bits per heavy atom. The van der Waals surface area contributed by atoms with Gasteiger partial charge in [0.05, 0.1) is 17.2 Å². The SMILES string of the molecule is Cn1c(NCCN2C(=O)NC(C)(C)C2=O)nc2ccncc21. The first-order valence-electron chi connectivity index (χ1n) is 7.04. The fraction of sp³-hybridized carbons (Fsp3) is 0.429. The summed E-state index contributed by atoms with van der Waals surface area (Å²) in [6, 6.07) is 1.48. The van der Waals surface area contributed by atoms with Crippen molar-refractivity contribution in [3.8, 4) is 0 Å². The minimum atomic E-state index is -0.833. The lowest BCUT2D eigenvalue weighted by atomic mass is 10.1. The zero-order chi connectivity index (χ0) is 15.9. The molecule has 0 atom stereocenters. The van der Waals surface area contributed by atoms with Crippen molar-refractivity contribution >= 4 is 28.9 Å². The number of carbonyl (C=O) groups is 2. The van der Waals surface area contributed by atoms with Gasteiger partial charge in [-0.3, -0.25) is 14.7 Å². The molecule has 116 valence electrons. The third-order valence-corrected chi connectivity index (χ3v) is 3.75. The van der Waals surface area contributed by atoms with Gasteiger partial charge in [0.25, 0.3) is 5.91 Å². The van der Waals surface area contributed by atoms with E-state index in [1.165, 1.54) is 4.90 Å². The fourth-order valence-corrected chi connectivity index (χ4v) is 2.49. The molecule has 1 saturated heterocycles. The van der Waals surface area contributed by atoms with E-state index in [1.807, 2.05) is 17.7 Å². The Bertz CT molecular complexity index is 751. The smallest absolute Gasteiger partial charge is 0.325 e. The maximum absolute atomic E-state index is 12.1. The van der Waals surface area contributed by atoms with Crippen molar-refractivity contribution in [2.75, 3.05) is 18.4 Å². The molecule has 1 aliphatic rings. The van der Waals surface area contributed by atoms with Crippen LogP contribution >= 0.6 is 0 Å². The van der Waals surface area contributed by atoms with E-state index in [1.54, 1.807) is 26.2 Å². The number of amides is 3. The molecule has 1 aliphatic heterocycles. The van der Waals surface area contributed by atoms with Crippen LogP contribution in [0.3, 0.4) is 0 Å². The van der Waals surface area contributed by atoms with Gasteiger partial charge < -0.3 is 15.2 Å². The van der Waals surface area contributed by atoms with Crippen molar-refractivity contribution in [3.05, 3.63) is 18.5 Å². The van der Waals surface area contributed by atoms with Crippen molar-refractivity contribution < 1.29 is 9.59 Å². The monoisotopic (exact) mass is 302 g/mol. The molecule has 0 spiro atoms. The summed E-state index contributed by atoms with van der Waals surface area (Å²) in [5, 5.41) is 5.80. The molecule has 0 bridgehead atoms. The van der Waals surface area contributed by atoms with E-state index in [-0.39, 0.29) is 18.5 Å². The second-order valence-corrected chi connectivity index (χ2v) is 5.80. The van der Waals surface area contributed by atoms with Gasteiger partial charge in [0.15, 0.2) is 0 Å². The summed E-state index contributed by atoms with van der Waals surface area (Å²) in [4.78, 5) is 33.6. The summed E-state index contributed by atoms with van der Waals surface area (Å²) >= 11 is 0. The number of imide groups is 1. The topological polar surface area (TPSA) is 92.2 Å². The van der Waals surface area contributed by atoms with Crippen LogP contribution in [-0.4, -0.2) is 50.0 Å². The van der Waals surface area contributed by atoms with Gasteiger partial charge in [0.2, 0.25) is 5.95 Å². The number of nitrogens with zero attached hydrogens (tertiary/aromatic N) is 4. The minimum absolute atomic E-state index is 0.214. The molecule has 0 radical (unpaired) electrons. The Kier molecular flexibility index (Phi) is 3.23. The number of rotatable bonds is 4. The van der Waals surface area contributed by atoms with Crippen LogP contribution in [0.5, 0.6) is 0 Å². The molecule has 3 amide bonds. The number of hydrogen-bond acceptors (Lipinski definition) is 5. The summed E-state index contributed by atoms with van der Waals surface area (Å²) in [7, 11) is 1.89.